The SMILES string of the molecule is CN(C(=O)CCc1ccccc1N)C1CCCCCC1. The summed E-state index contributed by atoms with van der Waals surface area (Å²) < 4.78 is 0. The molecule has 0 radical (unpaired) electrons. The lowest BCUT2D eigenvalue weighted by molar-refractivity contribution is -0.132. The van der Waals surface area contributed by atoms with E-state index in [0.29, 0.717) is 12.5 Å². The molecule has 0 bridgehead atoms. The number of carbonyl (C=O) groups excluding carboxylic acids is 1. The molecule has 2 N–H and O–H groups in total. The minimum atomic E-state index is 0.250. The fourth-order valence-electron chi connectivity index (χ4n) is 3.03. The quantitative estimate of drug-likeness (QED) is 0.676. The highest BCUT2D eigenvalue weighted by Crippen LogP contribution is 2.22. The molecular formula is C17H26N2O. The average molecular weight is 274 g/mol. The highest BCUT2D eigenvalue weighted by Gasteiger charge is 2.20. The Bertz CT molecular complexity index is 436. The molecule has 0 aromatic heterocycles. The second kappa shape index (κ2) is 7.32. The van der Waals surface area contributed by atoms with Crippen molar-refractivity contribution in [3.63, 3.8) is 0 Å². The van der Waals surface area contributed by atoms with Gasteiger partial charge in [-0.25, -0.2) is 0 Å². The molecule has 1 saturated carbocycles. The summed E-state index contributed by atoms with van der Waals surface area (Å²) in [6.45, 7) is 0. The van der Waals surface area contributed by atoms with Crippen molar-refractivity contribution >= 4 is 11.6 Å². The molecule has 0 saturated heterocycles. The van der Waals surface area contributed by atoms with Gasteiger partial charge in [-0.1, -0.05) is 43.9 Å². The number of aryl methyl sites for hydroxylation is 1. The largest absolute Gasteiger partial charge is 0.399 e. The number of nitrogen functional groups attached to an aromatic ring is 1. The zero-order valence-corrected chi connectivity index (χ0v) is 12.5. The van der Waals surface area contributed by atoms with E-state index in [1.54, 1.807) is 0 Å². The number of benzene rings is 1. The summed E-state index contributed by atoms with van der Waals surface area (Å²) in [6, 6.07) is 8.25. The Balaban J connectivity index is 1.86. The number of carbonyl (C=O) groups is 1. The first-order valence-electron chi connectivity index (χ1n) is 7.77. The van der Waals surface area contributed by atoms with Crippen molar-refractivity contribution in [3.05, 3.63) is 29.8 Å². The minimum absolute atomic E-state index is 0.250. The third-order valence-corrected chi connectivity index (χ3v) is 4.43. The van der Waals surface area contributed by atoms with Crippen molar-refractivity contribution < 1.29 is 4.79 Å². The number of nitrogens with two attached hydrogens (primary N) is 1. The normalized spacial score (nSPS) is 16.6. The third kappa shape index (κ3) is 3.99. The summed E-state index contributed by atoms with van der Waals surface area (Å²) in [4.78, 5) is 14.3. The summed E-state index contributed by atoms with van der Waals surface area (Å²) >= 11 is 0. The molecule has 110 valence electrons. The number of hydrogen-bond acceptors (Lipinski definition) is 2. The van der Waals surface area contributed by atoms with Crippen molar-refractivity contribution in [1.82, 2.24) is 4.90 Å². The van der Waals surface area contributed by atoms with Gasteiger partial charge >= 0.3 is 0 Å². The van der Waals surface area contributed by atoms with Gasteiger partial charge in [-0.15, -0.1) is 0 Å². The number of anilines is 1. The van der Waals surface area contributed by atoms with Gasteiger partial charge in [-0.2, -0.15) is 0 Å². The molecule has 1 aromatic rings. The van der Waals surface area contributed by atoms with Crippen molar-refractivity contribution in [2.24, 2.45) is 0 Å². The predicted molar refractivity (Wildman–Crippen MR) is 83.4 cm³/mol. The summed E-state index contributed by atoms with van der Waals surface area (Å²) in [6.07, 6.45) is 8.77. The Morgan fingerprint density at radius 3 is 2.50 bits per heavy atom. The zero-order valence-electron chi connectivity index (χ0n) is 12.5. The fraction of sp³-hybridized carbons (Fsp3) is 0.588. The number of para-hydroxylation sites is 1. The third-order valence-electron chi connectivity index (χ3n) is 4.43. The van der Waals surface area contributed by atoms with Crippen molar-refractivity contribution in [2.75, 3.05) is 12.8 Å². The van der Waals surface area contributed by atoms with Crippen LogP contribution in [-0.4, -0.2) is 23.9 Å². The molecule has 1 aliphatic rings. The van der Waals surface area contributed by atoms with Crippen LogP contribution < -0.4 is 5.73 Å². The number of amides is 1. The van der Waals surface area contributed by atoms with Crippen LogP contribution in [0.5, 0.6) is 0 Å². The molecule has 3 nitrogen and oxygen atoms in total. The lowest BCUT2D eigenvalue weighted by atomic mass is 10.0. The van der Waals surface area contributed by atoms with Gasteiger partial charge in [0.2, 0.25) is 5.91 Å². The molecule has 1 aromatic carbocycles. The topological polar surface area (TPSA) is 46.3 Å². The Morgan fingerprint density at radius 2 is 1.85 bits per heavy atom. The first kappa shape index (κ1) is 14.9. The fourth-order valence-corrected chi connectivity index (χ4v) is 3.03. The molecule has 20 heavy (non-hydrogen) atoms. The van der Waals surface area contributed by atoms with Gasteiger partial charge < -0.3 is 10.6 Å². The monoisotopic (exact) mass is 274 g/mol. The first-order chi connectivity index (χ1) is 9.68. The maximum absolute atomic E-state index is 12.3. The van der Waals surface area contributed by atoms with E-state index in [-0.39, 0.29) is 5.91 Å². The van der Waals surface area contributed by atoms with Gasteiger partial charge in [0, 0.05) is 25.2 Å². The maximum Gasteiger partial charge on any atom is 0.222 e. The van der Waals surface area contributed by atoms with Crippen LogP contribution in [-0.2, 0) is 11.2 Å². The lowest BCUT2D eigenvalue weighted by Crippen LogP contribution is -2.36. The molecule has 1 fully saturated rings. The molecule has 0 atom stereocenters. The van der Waals surface area contributed by atoms with Crippen LogP contribution in [0.4, 0.5) is 5.69 Å². The van der Waals surface area contributed by atoms with Crippen LogP contribution in [0, 0.1) is 0 Å². The van der Waals surface area contributed by atoms with E-state index in [4.69, 9.17) is 5.73 Å². The predicted octanol–water partition coefficient (Wildman–Crippen LogP) is 3.38. The van der Waals surface area contributed by atoms with Gasteiger partial charge in [0.25, 0.3) is 0 Å². The van der Waals surface area contributed by atoms with E-state index in [9.17, 15) is 4.79 Å². The van der Waals surface area contributed by atoms with E-state index in [1.807, 2.05) is 36.2 Å². The lowest BCUT2D eigenvalue weighted by Gasteiger charge is -2.27. The average Bonchev–Trinajstić information content (AvgIpc) is 2.74. The summed E-state index contributed by atoms with van der Waals surface area (Å²) in [7, 11) is 1.96. The molecule has 1 aliphatic carbocycles. The van der Waals surface area contributed by atoms with Crippen LogP contribution in [0.25, 0.3) is 0 Å². The molecule has 0 unspecified atom stereocenters. The highest BCUT2D eigenvalue weighted by atomic mass is 16.2. The van der Waals surface area contributed by atoms with Crippen LogP contribution in [0.1, 0.15) is 50.5 Å². The standard InChI is InChI=1S/C17H26N2O/c1-19(15-9-4-2-3-5-10-15)17(20)13-12-14-8-6-7-11-16(14)18/h6-8,11,15H,2-5,9-10,12-13,18H2,1H3. The van der Waals surface area contributed by atoms with Gasteiger partial charge in [0.1, 0.15) is 0 Å². The van der Waals surface area contributed by atoms with Crippen LogP contribution in [0.15, 0.2) is 24.3 Å². The second-order valence-electron chi connectivity index (χ2n) is 5.85. The number of hydrogen-bond donors (Lipinski definition) is 1. The van der Waals surface area contributed by atoms with E-state index in [2.05, 4.69) is 0 Å². The molecule has 0 heterocycles. The van der Waals surface area contributed by atoms with E-state index >= 15 is 0 Å². The van der Waals surface area contributed by atoms with E-state index < -0.39 is 0 Å². The van der Waals surface area contributed by atoms with Gasteiger partial charge in [0.05, 0.1) is 0 Å². The Kier molecular flexibility index (Phi) is 5.45. The second-order valence-corrected chi connectivity index (χ2v) is 5.85. The smallest absolute Gasteiger partial charge is 0.222 e. The summed E-state index contributed by atoms with van der Waals surface area (Å²) in [5.74, 6) is 0.250. The van der Waals surface area contributed by atoms with E-state index in [1.165, 1.54) is 25.7 Å². The van der Waals surface area contributed by atoms with Gasteiger partial charge in [-0.05, 0) is 30.9 Å². The molecule has 1 amide bonds. The summed E-state index contributed by atoms with van der Waals surface area (Å²) in [5.41, 5.74) is 7.79. The first-order valence-corrected chi connectivity index (χ1v) is 7.77. The Morgan fingerprint density at radius 1 is 1.20 bits per heavy atom. The molecule has 3 heteroatoms. The van der Waals surface area contributed by atoms with Crippen LogP contribution in [0.2, 0.25) is 0 Å². The zero-order chi connectivity index (χ0) is 14.4. The summed E-state index contributed by atoms with van der Waals surface area (Å²) in [5, 5.41) is 0. The van der Waals surface area contributed by atoms with Crippen LogP contribution >= 0.6 is 0 Å². The van der Waals surface area contributed by atoms with E-state index in [0.717, 1.165) is 30.5 Å². The van der Waals surface area contributed by atoms with Crippen molar-refractivity contribution in [1.29, 1.82) is 0 Å². The maximum atomic E-state index is 12.3. The van der Waals surface area contributed by atoms with Crippen LogP contribution in [0.3, 0.4) is 0 Å². The van der Waals surface area contributed by atoms with Gasteiger partial charge in [0.15, 0.2) is 0 Å². The molecular weight excluding hydrogens is 248 g/mol. The number of nitrogens with zero attached hydrogens (tertiary/aromatic N) is 1. The molecule has 2 rings (SSSR count). The van der Waals surface area contributed by atoms with Crippen molar-refractivity contribution in [2.45, 2.75) is 57.4 Å². The van der Waals surface area contributed by atoms with Crippen molar-refractivity contribution in [3.8, 4) is 0 Å². The molecule has 0 spiro atoms. The molecule has 0 aliphatic heterocycles. The Hall–Kier alpha value is -1.51. The Labute approximate surface area is 122 Å². The number of rotatable bonds is 4. The minimum Gasteiger partial charge on any atom is -0.399 e. The van der Waals surface area contributed by atoms with Gasteiger partial charge in [-0.3, -0.25) is 4.79 Å². The highest BCUT2D eigenvalue weighted by molar-refractivity contribution is 5.76.